The molecular formula is C31H48N4O6S2. The molecule has 240 valence electrons. The molecule has 1 saturated carbocycles. The van der Waals surface area contributed by atoms with Gasteiger partial charge in [0.15, 0.2) is 9.84 Å². The van der Waals surface area contributed by atoms with Gasteiger partial charge in [0.25, 0.3) is 5.91 Å². The van der Waals surface area contributed by atoms with E-state index in [0.717, 1.165) is 37.4 Å². The van der Waals surface area contributed by atoms with Crippen molar-refractivity contribution in [1.82, 2.24) is 19.8 Å². The number of rotatable bonds is 9. The highest BCUT2D eigenvalue weighted by molar-refractivity contribution is 7.98. The van der Waals surface area contributed by atoms with E-state index in [0.29, 0.717) is 17.1 Å². The normalized spacial score (nSPS) is 23.3. The van der Waals surface area contributed by atoms with Crippen LogP contribution in [0.5, 0.6) is 0 Å². The Morgan fingerprint density at radius 3 is 2.26 bits per heavy atom. The lowest BCUT2D eigenvalue weighted by Crippen LogP contribution is -2.53. The van der Waals surface area contributed by atoms with E-state index in [2.05, 4.69) is 39.2 Å². The number of nitrogens with one attached hydrogen (secondary N) is 2. The van der Waals surface area contributed by atoms with E-state index in [9.17, 15) is 22.8 Å². The Morgan fingerprint density at radius 2 is 1.63 bits per heavy atom. The number of piperidine rings is 1. The summed E-state index contributed by atoms with van der Waals surface area (Å²) in [7, 11) is -3.66. The number of ether oxygens (including phenoxy) is 1. The molecule has 43 heavy (non-hydrogen) atoms. The maximum Gasteiger partial charge on any atom is 0.411 e. The molecular weight excluding hydrogens is 588 g/mol. The van der Waals surface area contributed by atoms with Crippen molar-refractivity contribution in [2.75, 3.05) is 24.7 Å². The second-order valence-corrected chi connectivity index (χ2v) is 16.3. The molecule has 2 N–H and O–H groups in total. The smallest absolute Gasteiger partial charge is 0.411 e. The van der Waals surface area contributed by atoms with Gasteiger partial charge in [-0.05, 0) is 95.8 Å². The third-order valence-electron chi connectivity index (χ3n) is 8.56. The first-order valence-electron chi connectivity index (χ1n) is 15.5. The first kappa shape index (κ1) is 33.6. The number of likely N-dealkylation sites (tertiary alicyclic amines) is 1. The molecule has 1 unspecified atom stereocenters. The molecule has 4 rings (SSSR count). The summed E-state index contributed by atoms with van der Waals surface area (Å²) in [6.07, 6.45) is 7.32. The average Bonchev–Trinajstić information content (AvgIpc) is 3.30. The molecule has 1 aliphatic carbocycles. The lowest BCUT2D eigenvalue weighted by molar-refractivity contribution is -0.130. The van der Waals surface area contributed by atoms with Crippen molar-refractivity contribution in [2.24, 2.45) is 11.8 Å². The Hall–Kier alpha value is -2.31. The van der Waals surface area contributed by atoms with Gasteiger partial charge in [0, 0.05) is 11.8 Å². The van der Waals surface area contributed by atoms with E-state index in [1.165, 1.54) is 49.6 Å². The molecule has 10 nitrogen and oxygen atoms in total. The minimum absolute atomic E-state index is 0.300. The number of carbonyl (C=O) groups excluding carboxylic acids is 3. The lowest BCUT2D eigenvalue weighted by atomic mass is 9.79. The summed E-state index contributed by atoms with van der Waals surface area (Å²) < 4.78 is 33.0. The van der Waals surface area contributed by atoms with Gasteiger partial charge >= 0.3 is 6.09 Å². The van der Waals surface area contributed by atoms with E-state index in [1.807, 2.05) is 6.07 Å². The second kappa shape index (κ2) is 14.6. The molecule has 0 aromatic heterocycles. The first-order chi connectivity index (χ1) is 20.3. The number of carbonyl (C=O) groups is 3. The number of amides is 3. The number of sulfone groups is 1. The zero-order valence-electron chi connectivity index (χ0n) is 25.9. The Balaban J connectivity index is 1.32. The SMILES string of the molecule is C[C@@H](NC(=O)[C@@H]1CS(=O)(=O)CN1C(=O)OC(C)(C)C)C(=O)NSC(C1CCCCC1)C1CCN(Cc2ccccc2)CC1. The summed E-state index contributed by atoms with van der Waals surface area (Å²) in [6.45, 7) is 9.60. The highest BCUT2D eigenvalue weighted by Gasteiger charge is 2.45. The van der Waals surface area contributed by atoms with Crippen LogP contribution < -0.4 is 10.0 Å². The molecule has 2 aliphatic heterocycles. The third kappa shape index (κ3) is 9.84. The summed E-state index contributed by atoms with van der Waals surface area (Å²) in [5, 5.41) is 2.93. The summed E-state index contributed by atoms with van der Waals surface area (Å²) in [6, 6.07) is 8.39. The minimum Gasteiger partial charge on any atom is -0.444 e. The van der Waals surface area contributed by atoms with Crippen LogP contribution in [-0.4, -0.2) is 83.8 Å². The van der Waals surface area contributed by atoms with Crippen molar-refractivity contribution in [1.29, 1.82) is 0 Å². The van der Waals surface area contributed by atoms with Crippen molar-refractivity contribution in [3.63, 3.8) is 0 Å². The van der Waals surface area contributed by atoms with E-state index in [1.54, 1.807) is 27.7 Å². The monoisotopic (exact) mass is 636 g/mol. The van der Waals surface area contributed by atoms with Gasteiger partial charge in [0.2, 0.25) is 5.91 Å². The maximum absolute atomic E-state index is 13.2. The fraction of sp³-hybridized carbons (Fsp3) is 0.710. The van der Waals surface area contributed by atoms with Gasteiger partial charge in [0.1, 0.15) is 23.6 Å². The van der Waals surface area contributed by atoms with Crippen LogP contribution in [0, 0.1) is 11.8 Å². The fourth-order valence-electron chi connectivity index (χ4n) is 6.31. The molecule has 0 bridgehead atoms. The molecule has 1 aromatic rings. The van der Waals surface area contributed by atoms with Crippen molar-refractivity contribution in [3.8, 4) is 0 Å². The average molecular weight is 637 g/mol. The molecule has 3 atom stereocenters. The van der Waals surface area contributed by atoms with Crippen LogP contribution >= 0.6 is 11.9 Å². The van der Waals surface area contributed by atoms with E-state index < -0.39 is 51.2 Å². The van der Waals surface area contributed by atoms with E-state index in [4.69, 9.17) is 4.74 Å². The van der Waals surface area contributed by atoms with Gasteiger partial charge in [-0.25, -0.2) is 13.2 Å². The Morgan fingerprint density at radius 1 is 1.00 bits per heavy atom. The van der Waals surface area contributed by atoms with E-state index >= 15 is 0 Å². The van der Waals surface area contributed by atoms with Crippen molar-refractivity contribution in [3.05, 3.63) is 35.9 Å². The van der Waals surface area contributed by atoms with Crippen LogP contribution in [-0.2, 0) is 30.7 Å². The van der Waals surface area contributed by atoms with Gasteiger partial charge in [-0.3, -0.25) is 24.1 Å². The number of benzene rings is 1. The summed E-state index contributed by atoms with van der Waals surface area (Å²) in [5.41, 5.74) is 0.481. The van der Waals surface area contributed by atoms with Crippen LogP contribution in [0.15, 0.2) is 30.3 Å². The van der Waals surface area contributed by atoms with Crippen LogP contribution in [0.3, 0.4) is 0 Å². The summed E-state index contributed by atoms with van der Waals surface area (Å²) in [4.78, 5) is 42.4. The van der Waals surface area contributed by atoms with Gasteiger partial charge in [-0.1, -0.05) is 49.6 Å². The molecule has 2 heterocycles. The van der Waals surface area contributed by atoms with Crippen LogP contribution in [0.25, 0.3) is 0 Å². The minimum atomic E-state index is -3.66. The topological polar surface area (TPSA) is 125 Å². The first-order valence-corrected chi connectivity index (χ1v) is 18.2. The molecule has 3 aliphatic rings. The summed E-state index contributed by atoms with van der Waals surface area (Å²) >= 11 is 1.50. The fourth-order valence-corrected chi connectivity index (χ4v) is 9.30. The zero-order valence-corrected chi connectivity index (χ0v) is 27.6. The highest BCUT2D eigenvalue weighted by Crippen LogP contribution is 2.39. The number of hydrogen-bond acceptors (Lipinski definition) is 8. The van der Waals surface area contributed by atoms with Crippen LogP contribution in [0.2, 0.25) is 0 Å². The third-order valence-corrected chi connectivity index (χ3v) is 11.4. The van der Waals surface area contributed by atoms with Crippen LogP contribution in [0.1, 0.15) is 78.2 Å². The molecule has 3 fully saturated rings. The van der Waals surface area contributed by atoms with Gasteiger partial charge in [-0.15, -0.1) is 0 Å². The van der Waals surface area contributed by atoms with Gasteiger partial charge in [-0.2, -0.15) is 0 Å². The van der Waals surface area contributed by atoms with Crippen LogP contribution in [0.4, 0.5) is 4.79 Å². The standard InChI is InChI=1S/C31H48N4O6S2/c1-22(32-29(37)26-20-43(39,40)21-35(26)30(38)41-31(2,3)4)28(36)33-42-27(24-13-9-6-10-14-24)25-15-17-34(18-16-25)19-23-11-7-5-8-12-23/h5,7-8,11-12,22,24-27H,6,9-10,13-21H2,1-4H3,(H,32,37)(H,33,36)/t22-,26+,27?/m1/s1. The molecule has 0 radical (unpaired) electrons. The zero-order chi connectivity index (χ0) is 31.2. The molecule has 0 spiro atoms. The highest BCUT2D eigenvalue weighted by atomic mass is 32.2. The Bertz CT molecular complexity index is 1210. The Labute approximate surface area is 261 Å². The molecule has 2 saturated heterocycles. The predicted molar refractivity (Wildman–Crippen MR) is 169 cm³/mol. The van der Waals surface area contributed by atoms with Gasteiger partial charge in [0.05, 0.1) is 5.75 Å². The molecule has 3 amide bonds. The quantitative estimate of drug-likeness (QED) is 0.388. The molecule has 1 aromatic carbocycles. The van der Waals surface area contributed by atoms with Gasteiger partial charge < -0.3 is 10.1 Å². The maximum atomic E-state index is 13.2. The molecule has 12 heteroatoms. The van der Waals surface area contributed by atoms with Crippen molar-refractivity contribution >= 4 is 39.7 Å². The second-order valence-electron chi connectivity index (χ2n) is 13.3. The lowest BCUT2D eigenvalue weighted by Gasteiger charge is -2.40. The van der Waals surface area contributed by atoms with E-state index in [-0.39, 0.29) is 5.91 Å². The number of hydrogen-bond donors (Lipinski definition) is 2. The summed E-state index contributed by atoms with van der Waals surface area (Å²) in [5.74, 6) is -1.09. The predicted octanol–water partition coefficient (Wildman–Crippen LogP) is 4.11. The number of nitrogens with zero attached hydrogens (tertiary/aromatic N) is 2. The van der Waals surface area contributed by atoms with Crippen molar-refractivity contribution < 1.29 is 27.5 Å². The van der Waals surface area contributed by atoms with Crippen molar-refractivity contribution in [2.45, 2.75) is 102 Å². The largest absolute Gasteiger partial charge is 0.444 e. The Kier molecular flexibility index (Phi) is 11.4.